The molecule has 7 heteroatoms. The van der Waals surface area contributed by atoms with Crippen LogP contribution in [0.5, 0.6) is 0 Å². The lowest BCUT2D eigenvalue weighted by Crippen LogP contribution is -2.46. The van der Waals surface area contributed by atoms with E-state index < -0.39 is 15.6 Å². The highest BCUT2D eigenvalue weighted by atomic mass is 35.5. The highest BCUT2D eigenvalue weighted by Crippen LogP contribution is 2.25. The predicted octanol–water partition coefficient (Wildman–Crippen LogP) is 2.04. The fourth-order valence-electron chi connectivity index (χ4n) is 1.70. The SMILES string of the molecule is CCC(C)(CCO)NS(=O)(=O)c1cc(C#N)ccc1Cl. The van der Waals surface area contributed by atoms with Gasteiger partial charge < -0.3 is 5.11 Å². The van der Waals surface area contributed by atoms with Crippen molar-refractivity contribution in [3.05, 3.63) is 28.8 Å². The molecule has 1 aromatic rings. The van der Waals surface area contributed by atoms with Crippen molar-refractivity contribution in [3.63, 3.8) is 0 Å². The van der Waals surface area contributed by atoms with E-state index in [0.717, 1.165) is 0 Å². The van der Waals surface area contributed by atoms with Gasteiger partial charge in [0.25, 0.3) is 0 Å². The Bertz CT molecular complexity index is 625. The lowest BCUT2D eigenvalue weighted by molar-refractivity contribution is 0.233. The van der Waals surface area contributed by atoms with Crippen LogP contribution in [0, 0.1) is 11.3 Å². The van der Waals surface area contributed by atoms with Gasteiger partial charge in [-0.1, -0.05) is 18.5 Å². The number of aliphatic hydroxyl groups is 1. The van der Waals surface area contributed by atoms with E-state index in [1.54, 1.807) is 6.92 Å². The van der Waals surface area contributed by atoms with Crippen LogP contribution in [0.1, 0.15) is 32.3 Å². The van der Waals surface area contributed by atoms with Crippen molar-refractivity contribution in [1.82, 2.24) is 4.72 Å². The Balaban J connectivity index is 3.21. The minimum atomic E-state index is -3.86. The number of sulfonamides is 1. The number of hydrogen-bond donors (Lipinski definition) is 2. The molecule has 0 fully saturated rings. The van der Waals surface area contributed by atoms with E-state index in [0.29, 0.717) is 6.42 Å². The number of aliphatic hydroxyl groups excluding tert-OH is 1. The van der Waals surface area contributed by atoms with Crippen LogP contribution in [0.25, 0.3) is 0 Å². The number of nitriles is 1. The first-order chi connectivity index (χ1) is 9.28. The second kappa shape index (κ2) is 6.55. The Kier molecular flexibility index (Phi) is 5.54. The van der Waals surface area contributed by atoms with Gasteiger partial charge in [0, 0.05) is 12.1 Å². The Hall–Kier alpha value is -1.13. The number of halogens is 1. The van der Waals surface area contributed by atoms with Crippen molar-refractivity contribution in [1.29, 1.82) is 5.26 Å². The van der Waals surface area contributed by atoms with E-state index in [9.17, 15) is 8.42 Å². The van der Waals surface area contributed by atoms with Gasteiger partial charge in [0.05, 0.1) is 16.7 Å². The molecule has 0 spiro atoms. The van der Waals surface area contributed by atoms with Gasteiger partial charge in [-0.3, -0.25) is 0 Å². The third kappa shape index (κ3) is 3.93. The van der Waals surface area contributed by atoms with Crippen molar-refractivity contribution in [3.8, 4) is 6.07 Å². The smallest absolute Gasteiger partial charge is 0.242 e. The maximum atomic E-state index is 12.4. The first-order valence-corrected chi connectivity index (χ1v) is 7.98. The number of nitrogens with one attached hydrogen (secondary N) is 1. The third-order valence-electron chi connectivity index (χ3n) is 3.17. The van der Waals surface area contributed by atoms with Crippen molar-refractivity contribution in [2.24, 2.45) is 0 Å². The highest BCUT2D eigenvalue weighted by Gasteiger charge is 2.30. The van der Waals surface area contributed by atoms with Gasteiger partial charge in [0.15, 0.2) is 0 Å². The van der Waals surface area contributed by atoms with Crippen LogP contribution in [-0.2, 0) is 10.0 Å². The molecule has 1 rings (SSSR count). The molecule has 0 heterocycles. The van der Waals surface area contributed by atoms with Crippen LogP contribution in [0.2, 0.25) is 5.02 Å². The normalized spacial score (nSPS) is 14.6. The lowest BCUT2D eigenvalue weighted by atomic mass is 9.97. The molecule has 2 N–H and O–H groups in total. The Morgan fingerprint density at radius 3 is 2.65 bits per heavy atom. The summed E-state index contributed by atoms with van der Waals surface area (Å²) >= 11 is 5.91. The monoisotopic (exact) mass is 316 g/mol. The molecule has 0 aliphatic heterocycles. The largest absolute Gasteiger partial charge is 0.396 e. The molecule has 5 nitrogen and oxygen atoms in total. The summed E-state index contributed by atoms with van der Waals surface area (Å²) in [7, 11) is -3.86. The van der Waals surface area contributed by atoms with E-state index in [4.69, 9.17) is 22.0 Å². The van der Waals surface area contributed by atoms with Gasteiger partial charge in [-0.05, 0) is 38.0 Å². The van der Waals surface area contributed by atoms with E-state index in [1.165, 1.54) is 18.2 Å². The van der Waals surface area contributed by atoms with E-state index >= 15 is 0 Å². The summed E-state index contributed by atoms with van der Waals surface area (Å²) in [6.07, 6.45) is 0.806. The fourth-order valence-corrected chi connectivity index (χ4v) is 3.74. The topological polar surface area (TPSA) is 90.2 Å². The van der Waals surface area contributed by atoms with Gasteiger partial charge in [0.1, 0.15) is 4.90 Å². The average molecular weight is 317 g/mol. The van der Waals surface area contributed by atoms with Crippen LogP contribution in [0.3, 0.4) is 0 Å². The lowest BCUT2D eigenvalue weighted by Gasteiger charge is -2.28. The molecular formula is C13H17ClN2O3S. The molecule has 0 saturated carbocycles. The van der Waals surface area contributed by atoms with Crippen molar-refractivity contribution in [2.45, 2.75) is 37.1 Å². The van der Waals surface area contributed by atoms with Crippen molar-refractivity contribution < 1.29 is 13.5 Å². The summed E-state index contributed by atoms with van der Waals surface area (Å²) in [5, 5.41) is 17.9. The summed E-state index contributed by atoms with van der Waals surface area (Å²) in [6, 6.07) is 5.95. The quantitative estimate of drug-likeness (QED) is 0.840. The number of benzene rings is 1. The molecular weight excluding hydrogens is 300 g/mol. The second-order valence-electron chi connectivity index (χ2n) is 4.75. The summed E-state index contributed by atoms with van der Waals surface area (Å²) in [5.74, 6) is 0. The molecule has 0 amide bonds. The van der Waals surface area contributed by atoms with Gasteiger partial charge in [0.2, 0.25) is 10.0 Å². The minimum absolute atomic E-state index is 0.0546. The van der Waals surface area contributed by atoms with Crippen LogP contribution < -0.4 is 4.72 Å². The van der Waals surface area contributed by atoms with E-state index in [-0.39, 0.29) is 28.5 Å². The fraction of sp³-hybridized carbons (Fsp3) is 0.462. The maximum Gasteiger partial charge on any atom is 0.242 e. The molecule has 0 radical (unpaired) electrons. The maximum absolute atomic E-state index is 12.4. The Morgan fingerprint density at radius 1 is 1.50 bits per heavy atom. The second-order valence-corrected chi connectivity index (χ2v) is 6.81. The molecule has 0 aromatic heterocycles. The van der Waals surface area contributed by atoms with Crippen LogP contribution in [0.4, 0.5) is 0 Å². The summed E-state index contributed by atoms with van der Waals surface area (Å²) < 4.78 is 27.3. The molecule has 0 saturated heterocycles. The summed E-state index contributed by atoms with van der Waals surface area (Å²) in [4.78, 5) is -0.129. The van der Waals surface area contributed by atoms with E-state index in [1.807, 2.05) is 13.0 Å². The number of hydrogen-bond acceptors (Lipinski definition) is 4. The molecule has 0 aliphatic carbocycles. The zero-order valence-corrected chi connectivity index (χ0v) is 12.9. The highest BCUT2D eigenvalue weighted by molar-refractivity contribution is 7.89. The van der Waals surface area contributed by atoms with Gasteiger partial charge in [-0.15, -0.1) is 0 Å². The molecule has 1 aromatic carbocycles. The molecule has 0 bridgehead atoms. The van der Waals surface area contributed by atoms with Gasteiger partial charge in [-0.25, -0.2) is 13.1 Å². The number of rotatable bonds is 6. The summed E-state index contributed by atoms with van der Waals surface area (Å²) in [5.41, 5.74) is -0.547. The number of nitrogens with zero attached hydrogens (tertiary/aromatic N) is 1. The third-order valence-corrected chi connectivity index (χ3v) is 5.29. The Morgan fingerprint density at radius 2 is 2.15 bits per heavy atom. The van der Waals surface area contributed by atoms with Crippen LogP contribution >= 0.6 is 11.6 Å². The van der Waals surface area contributed by atoms with Crippen molar-refractivity contribution in [2.75, 3.05) is 6.61 Å². The average Bonchev–Trinajstić information content (AvgIpc) is 2.38. The zero-order valence-electron chi connectivity index (χ0n) is 11.4. The minimum Gasteiger partial charge on any atom is -0.396 e. The molecule has 110 valence electrons. The molecule has 0 aliphatic rings. The molecule has 1 unspecified atom stereocenters. The summed E-state index contributed by atoms with van der Waals surface area (Å²) in [6.45, 7) is 3.41. The van der Waals surface area contributed by atoms with E-state index in [2.05, 4.69) is 4.72 Å². The first-order valence-electron chi connectivity index (χ1n) is 6.12. The molecule has 20 heavy (non-hydrogen) atoms. The van der Waals surface area contributed by atoms with Crippen LogP contribution in [0.15, 0.2) is 23.1 Å². The van der Waals surface area contributed by atoms with Gasteiger partial charge in [-0.2, -0.15) is 5.26 Å². The predicted molar refractivity (Wildman–Crippen MR) is 76.9 cm³/mol. The Labute approximate surface area is 124 Å². The first kappa shape index (κ1) is 16.9. The molecule has 1 atom stereocenters. The standard InChI is InChI=1S/C13H17ClN2O3S/c1-3-13(2,6-7-17)16-20(18,19)12-8-10(9-15)4-5-11(12)14/h4-5,8,16-17H,3,6-7H2,1-2H3. The zero-order chi connectivity index (χ0) is 15.4. The van der Waals surface area contributed by atoms with Crippen molar-refractivity contribution >= 4 is 21.6 Å². The van der Waals surface area contributed by atoms with Gasteiger partial charge >= 0.3 is 0 Å². The van der Waals surface area contributed by atoms with Crippen LogP contribution in [-0.4, -0.2) is 25.7 Å².